The number of pyridine rings is 3. The van der Waals surface area contributed by atoms with Gasteiger partial charge < -0.3 is 10.3 Å². The molecule has 1 aromatic carbocycles. The van der Waals surface area contributed by atoms with E-state index in [9.17, 15) is 17.6 Å². The number of anilines is 1. The third-order valence-corrected chi connectivity index (χ3v) is 7.48. The van der Waals surface area contributed by atoms with Crippen LogP contribution in [0.25, 0.3) is 56.0 Å². The summed E-state index contributed by atoms with van der Waals surface area (Å²) < 4.78 is 40.1. The first-order chi connectivity index (χ1) is 20.8. The monoisotopic (exact) mass is 613 g/mol. The van der Waals surface area contributed by atoms with Gasteiger partial charge in [0.15, 0.2) is 5.82 Å². The van der Waals surface area contributed by atoms with Crippen molar-refractivity contribution >= 4 is 43.6 Å². The molecule has 0 saturated carbocycles. The SMILES string of the molecule is CC(C)(C)C(=O)Nc1cncc(-c2cc3c(-c4nc5c(-c6cc(F)cc(CNS(C)(=O)=O)c6)nccc5[nH]4)n[nH]c3cn2)c1. The van der Waals surface area contributed by atoms with Crippen LogP contribution in [0.15, 0.2) is 61.2 Å². The molecule has 0 fully saturated rings. The number of carbonyl (C=O) groups is 1. The Morgan fingerprint density at radius 3 is 2.57 bits per heavy atom. The third kappa shape index (κ3) is 6.02. The van der Waals surface area contributed by atoms with E-state index in [1.54, 1.807) is 36.9 Å². The second-order valence-electron chi connectivity index (χ2n) is 11.4. The number of H-pyrrole nitrogens is 2. The average molecular weight is 614 g/mol. The Bertz CT molecular complexity index is 2170. The van der Waals surface area contributed by atoms with Crippen molar-refractivity contribution in [2.24, 2.45) is 5.41 Å². The second-order valence-corrected chi connectivity index (χ2v) is 13.3. The molecule has 6 rings (SSSR count). The largest absolute Gasteiger partial charge is 0.336 e. The van der Waals surface area contributed by atoms with Gasteiger partial charge in [0.25, 0.3) is 0 Å². The van der Waals surface area contributed by atoms with Crippen LogP contribution in [-0.2, 0) is 21.4 Å². The number of rotatable bonds is 7. The molecule has 0 saturated heterocycles. The van der Waals surface area contributed by atoms with E-state index in [1.807, 2.05) is 32.9 Å². The van der Waals surface area contributed by atoms with Crippen molar-refractivity contribution in [1.29, 1.82) is 0 Å². The number of halogens is 1. The molecule has 0 spiro atoms. The van der Waals surface area contributed by atoms with Crippen LogP contribution < -0.4 is 10.0 Å². The Morgan fingerprint density at radius 2 is 1.80 bits per heavy atom. The number of hydrogen-bond acceptors (Lipinski definition) is 8. The van der Waals surface area contributed by atoms with Gasteiger partial charge in [-0.05, 0) is 42.0 Å². The first kappa shape index (κ1) is 29.0. The van der Waals surface area contributed by atoms with Crippen molar-refractivity contribution in [3.63, 3.8) is 0 Å². The summed E-state index contributed by atoms with van der Waals surface area (Å²) in [5, 5.41) is 11.1. The van der Waals surface area contributed by atoms with Crippen molar-refractivity contribution in [2.45, 2.75) is 27.3 Å². The molecular weight excluding hydrogens is 585 g/mol. The number of nitrogens with one attached hydrogen (secondary N) is 4. The van der Waals surface area contributed by atoms with Gasteiger partial charge in [-0.1, -0.05) is 20.8 Å². The van der Waals surface area contributed by atoms with E-state index in [-0.39, 0.29) is 12.5 Å². The lowest BCUT2D eigenvalue weighted by Crippen LogP contribution is -2.27. The molecular formula is C30H28FN9O3S. The molecule has 0 aliphatic heterocycles. The molecule has 224 valence electrons. The lowest BCUT2D eigenvalue weighted by atomic mass is 9.95. The van der Waals surface area contributed by atoms with E-state index in [0.29, 0.717) is 61.8 Å². The summed E-state index contributed by atoms with van der Waals surface area (Å²) in [6, 6.07) is 9.69. The summed E-state index contributed by atoms with van der Waals surface area (Å²) in [6.07, 6.45) is 7.54. The normalized spacial score (nSPS) is 12.2. The van der Waals surface area contributed by atoms with Gasteiger partial charge in [0.05, 0.1) is 46.8 Å². The Balaban J connectivity index is 1.37. The van der Waals surface area contributed by atoms with Gasteiger partial charge in [0.1, 0.15) is 17.0 Å². The summed E-state index contributed by atoms with van der Waals surface area (Å²) in [5.41, 5.74) is 4.99. The first-order valence-corrected chi connectivity index (χ1v) is 15.4. The van der Waals surface area contributed by atoms with Crippen LogP contribution in [0, 0.1) is 11.2 Å². The van der Waals surface area contributed by atoms with E-state index < -0.39 is 21.3 Å². The molecule has 4 N–H and O–H groups in total. The number of imidazole rings is 1. The lowest BCUT2D eigenvalue weighted by molar-refractivity contribution is -0.123. The number of carbonyl (C=O) groups excluding carboxylic acids is 1. The van der Waals surface area contributed by atoms with Gasteiger partial charge in [-0.3, -0.25) is 24.8 Å². The fraction of sp³-hybridized carbons (Fsp3) is 0.200. The number of amides is 1. The molecule has 12 nitrogen and oxygen atoms in total. The van der Waals surface area contributed by atoms with Crippen LogP contribution in [0.3, 0.4) is 0 Å². The van der Waals surface area contributed by atoms with Gasteiger partial charge in [-0.2, -0.15) is 5.10 Å². The first-order valence-electron chi connectivity index (χ1n) is 13.5. The number of aromatic amines is 2. The summed E-state index contributed by atoms with van der Waals surface area (Å²) in [5.74, 6) is -0.203. The minimum Gasteiger partial charge on any atom is -0.336 e. The van der Waals surface area contributed by atoms with Gasteiger partial charge in [-0.25, -0.2) is 22.5 Å². The number of sulfonamides is 1. The quantitative estimate of drug-likeness (QED) is 0.199. The lowest BCUT2D eigenvalue weighted by Gasteiger charge is -2.17. The molecule has 6 aromatic rings. The van der Waals surface area contributed by atoms with Crippen LogP contribution in [0.2, 0.25) is 0 Å². The second kappa shape index (κ2) is 10.9. The highest BCUT2D eigenvalue weighted by Gasteiger charge is 2.22. The highest BCUT2D eigenvalue weighted by atomic mass is 32.2. The van der Waals surface area contributed by atoms with E-state index in [0.717, 1.165) is 11.6 Å². The van der Waals surface area contributed by atoms with Crippen molar-refractivity contribution in [3.05, 3.63) is 72.6 Å². The topological polar surface area (TPSA) is 171 Å². The molecule has 0 radical (unpaired) electrons. The Labute approximate surface area is 251 Å². The minimum atomic E-state index is -3.46. The van der Waals surface area contributed by atoms with Gasteiger partial charge in [0, 0.05) is 40.9 Å². The summed E-state index contributed by atoms with van der Waals surface area (Å²) >= 11 is 0. The predicted octanol–water partition coefficient (Wildman–Crippen LogP) is 4.80. The highest BCUT2D eigenvalue weighted by Crippen LogP contribution is 2.32. The molecule has 0 aliphatic rings. The fourth-order valence-corrected chi connectivity index (χ4v) is 5.01. The van der Waals surface area contributed by atoms with Crippen molar-refractivity contribution < 1.29 is 17.6 Å². The number of fused-ring (bicyclic) bond motifs is 2. The Hall–Kier alpha value is -5.08. The van der Waals surface area contributed by atoms with Crippen LogP contribution in [-0.4, -0.2) is 55.7 Å². The van der Waals surface area contributed by atoms with Gasteiger partial charge >= 0.3 is 0 Å². The van der Waals surface area contributed by atoms with Crippen molar-refractivity contribution in [3.8, 4) is 34.0 Å². The van der Waals surface area contributed by atoms with Crippen LogP contribution >= 0.6 is 0 Å². The smallest absolute Gasteiger partial charge is 0.229 e. The zero-order chi connectivity index (χ0) is 31.2. The minimum absolute atomic E-state index is 0.0671. The molecule has 14 heteroatoms. The number of aromatic nitrogens is 7. The van der Waals surface area contributed by atoms with Crippen molar-refractivity contribution in [2.75, 3.05) is 11.6 Å². The predicted molar refractivity (Wildman–Crippen MR) is 165 cm³/mol. The highest BCUT2D eigenvalue weighted by molar-refractivity contribution is 7.88. The molecule has 1 amide bonds. The molecule has 5 aromatic heterocycles. The Morgan fingerprint density at radius 1 is 0.977 bits per heavy atom. The third-order valence-electron chi connectivity index (χ3n) is 6.82. The maximum atomic E-state index is 14.6. The molecule has 5 heterocycles. The van der Waals surface area contributed by atoms with Crippen LogP contribution in [0.1, 0.15) is 26.3 Å². The number of benzene rings is 1. The molecule has 0 bridgehead atoms. The number of hydrogen-bond donors (Lipinski definition) is 4. The maximum Gasteiger partial charge on any atom is 0.229 e. The maximum absolute atomic E-state index is 14.6. The fourth-order valence-electron chi connectivity index (χ4n) is 4.58. The molecule has 0 atom stereocenters. The summed E-state index contributed by atoms with van der Waals surface area (Å²) in [4.78, 5) is 33.8. The van der Waals surface area contributed by atoms with E-state index in [2.05, 4.69) is 40.2 Å². The van der Waals surface area contributed by atoms with E-state index >= 15 is 0 Å². The standard InChI is InChI=1S/C30H28FN9O3S/c1-30(2,3)29(41)36-20-10-18(13-32-14-20)23-11-21-24(15-34-23)39-40-26(21)28-37-22-5-6-33-25(27(22)38-28)17-7-16(8-19(31)9-17)12-35-44(4,42)43/h5-11,13-15,35H,12H2,1-4H3,(H,36,41)(H,37,38)(H,39,40). The van der Waals surface area contributed by atoms with Crippen LogP contribution in [0.5, 0.6) is 0 Å². The molecule has 0 aliphatic carbocycles. The summed E-state index contributed by atoms with van der Waals surface area (Å²) in [7, 11) is -3.46. The summed E-state index contributed by atoms with van der Waals surface area (Å²) in [6.45, 7) is 5.44. The van der Waals surface area contributed by atoms with E-state index in [1.165, 1.54) is 12.1 Å². The van der Waals surface area contributed by atoms with Crippen molar-refractivity contribution in [1.82, 2.24) is 39.8 Å². The van der Waals surface area contributed by atoms with E-state index in [4.69, 9.17) is 4.98 Å². The average Bonchev–Trinajstić information content (AvgIpc) is 3.59. The Kier molecular flexibility index (Phi) is 7.18. The zero-order valence-electron chi connectivity index (χ0n) is 24.2. The van der Waals surface area contributed by atoms with Gasteiger partial charge in [0.2, 0.25) is 15.9 Å². The molecule has 44 heavy (non-hydrogen) atoms. The zero-order valence-corrected chi connectivity index (χ0v) is 25.0. The number of nitrogens with zero attached hydrogens (tertiary/aromatic N) is 5. The molecule has 0 unspecified atom stereocenters. The van der Waals surface area contributed by atoms with Crippen LogP contribution in [0.4, 0.5) is 10.1 Å². The van der Waals surface area contributed by atoms with Gasteiger partial charge in [-0.15, -0.1) is 0 Å².